The van der Waals surface area contributed by atoms with E-state index < -0.39 is 0 Å². The summed E-state index contributed by atoms with van der Waals surface area (Å²) in [6.45, 7) is 4.70. The van der Waals surface area contributed by atoms with Crippen molar-refractivity contribution in [1.29, 1.82) is 0 Å². The van der Waals surface area contributed by atoms with Gasteiger partial charge in [0, 0.05) is 6.42 Å². The molecule has 0 aliphatic heterocycles. The van der Waals surface area contributed by atoms with Crippen LogP contribution in [0.3, 0.4) is 0 Å². The van der Waals surface area contributed by atoms with Crippen LogP contribution in [0.15, 0.2) is 24.3 Å². The third kappa shape index (κ3) is 4.41. The van der Waals surface area contributed by atoms with Crippen LogP contribution < -0.4 is 0 Å². The molecular formula is C17H23FO2. The van der Waals surface area contributed by atoms with Crippen LogP contribution in [0.5, 0.6) is 0 Å². The third-order valence-electron chi connectivity index (χ3n) is 4.34. The van der Waals surface area contributed by atoms with Crippen LogP contribution in [0.4, 0.5) is 4.39 Å². The standard InChI is InChI=1S/C17H23FO2/c1-12-3-8-17(9-13(12)2)20-11-16(19)10-14-4-6-15(18)7-5-14/h4-7,12-13,17H,3,8-11H2,1-2H3. The maximum atomic E-state index is 12.8. The van der Waals surface area contributed by atoms with Gasteiger partial charge in [0.1, 0.15) is 12.4 Å². The van der Waals surface area contributed by atoms with E-state index in [1.807, 2.05) is 0 Å². The first-order valence-electron chi connectivity index (χ1n) is 7.42. The summed E-state index contributed by atoms with van der Waals surface area (Å²) in [4.78, 5) is 11.9. The summed E-state index contributed by atoms with van der Waals surface area (Å²) in [7, 11) is 0. The van der Waals surface area contributed by atoms with Crippen molar-refractivity contribution in [1.82, 2.24) is 0 Å². The highest BCUT2D eigenvalue weighted by molar-refractivity contribution is 5.82. The minimum atomic E-state index is -0.275. The van der Waals surface area contributed by atoms with Crippen LogP contribution >= 0.6 is 0 Å². The quantitative estimate of drug-likeness (QED) is 0.819. The molecule has 3 heteroatoms. The first kappa shape index (κ1) is 15.2. The molecule has 1 aliphatic rings. The van der Waals surface area contributed by atoms with E-state index in [-0.39, 0.29) is 24.3 Å². The number of ketones is 1. The molecule has 110 valence electrons. The number of benzene rings is 1. The molecule has 1 fully saturated rings. The molecule has 0 amide bonds. The molecule has 2 rings (SSSR count). The summed E-state index contributed by atoms with van der Waals surface area (Å²) in [5.74, 6) is 1.20. The number of rotatable bonds is 5. The zero-order valence-corrected chi connectivity index (χ0v) is 12.3. The predicted molar refractivity (Wildman–Crippen MR) is 77.0 cm³/mol. The number of halogens is 1. The smallest absolute Gasteiger partial charge is 0.162 e. The fraction of sp³-hybridized carbons (Fsp3) is 0.588. The SMILES string of the molecule is CC1CCC(OCC(=O)Cc2ccc(F)cc2)CC1C. The van der Waals surface area contributed by atoms with Gasteiger partial charge in [-0.2, -0.15) is 0 Å². The minimum absolute atomic E-state index is 0.0582. The number of hydrogen-bond acceptors (Lipinski definition) is 2. The largest absolute Gasteiger partial charge is 0.370 e. The molecule has 1 aromatic rings. The van der Waals surface area contributed by atoms with Crippen molar-refractivity contribution >= 4 is 5.78 Å². The summed E-state index contributed by atoms with van der Waals surface area (Å²) in [6.07, 6.45) is 3.82. The molecule has 3 atom stereocenters. The maximum absolute atomic E-state index is 12.8. The second kappa shape index (κ2) is 6.98. The van der Waals surface area contributed by atoms with Crippen molar-refractivity contribution in [3.05, 3.63) is 35.6 Å². The van der Waals surface area contributed by atoms with Crippen molar-refractivity contribution in [3.63, 3.8) is 0 Å². The average Bonchev–Trinajstić information content (AvgIpc) is 2.43. The summed E-state index contributed by atoms with van der Waals surface area (Å²) < 4.78 is 18.5. The normalized spacial score (nSPS) is 26.4. The highest BCUT2D eigenvalue weighted by Gasteiger charge is 2.25. The lowest BCUT2D eigenvalue weighted by molar-refractivity contribution is -0.126. The van der Waals surface area contributed by atoms with Crippen LogP contribution in [-0.4, -0.2) is 18.5 Å². The van der Waals surface area contributed by atoms with Crippen LogP contribution in [0.2, 0.25) is 0 Å². The Morgan fingerprint density at radius 1 is 1.20 bits per heavy atom. The fourth-order valence-corrected chi connectivity index (χ4v) is 2.74. The summed E-state index contributed by atoms with van der Waals surface area (Å²) in [5, 5.41) is 0. The third-order valence-corrected chi connectivity index (χ3v) is 4.34. The van der Waals surface area contributed by atoms with Gasteiger partial charge >= 0.3 is 0 Å². The summed E-state index contributed by atoms with van der Waals surface area (Å²) >= 11 is 0. The lowest BCUT2D eigenvalue weighted by Gasteiger charge is -2.31. The second-order valence-corrected chi connectivity index (χ2v) is 6.04. The molecule has 20 heavy (non-hydrogen) atoms. The Morgan fingerprint density at radius 3 is 2.55 bits per heavy atom. The molecule has 1 aromatic carbocycles. The molecule has 0 radical (unpaired) electrons. The van der Waals surface area contributed by atoms with Gasteiger partial charge in [-0.3, -0.25) is 4.79 Å². The van der Waals surface area contributed by atoms with Crippen molar-refractivity contribution in [3.8, 4) is 0 Å². The maximum Gasteiger partial charge on any atom is 0.162 e. The first-order chi connectivity index (χ1) is 9.54. The van der Waals surface area contributed by atoms with E-state index in [1.54, 1.807) is 12.1 Å². The fourth-order valence-electron chi connectivity index (χ4n) is 2.74. The number of carbonyl (C=O) groups excluding carboxylic acids is 1. The van der Waals surface area contributed by atoms with E-state index >= 15 is 0 Å². The number of carbonyl (C=O) groups is 1. The molecule has 0 N–H and O–H groups in total. The van der Waals surface area contributed by atoms with Gasteiger partial charge in [-0.25, -0.2) is 4.39 Å². The van der Waals surface area contributed by atoms with Gasteiger partial charge in [-0.15, -0.1) is 0 Å². The molecule has 0 heterocycles. The Balaban J connectivity index is 1.74. The number of ether oxygens (including phenoxy) is 1. The van der Waals surface area contributed by atoms with E-state index in [1.165, 1.54) is 18.6 Å². The van der Waals surface area contributed by atoms with Crippen LogP contribution in [0.25, 0.3) is 0 Å². The van der Waals surface area contributed by atoms with E-state index in [0.717, 1.165) is 24.3 Å². The van der Waals surface area contributed by atoms with E-state index in [4.69, 9.17) is 4.74 Å². The lowest BCUT2D eigenvalue weighted by atomic mass is 9.80. The van der Waals surface area contributed by atoms with Crippen LogP contribution in [0, 0.1) is 17.7 Å². The zero-order valence-electron chi connectivity index (χ0n) is 12.3. The van der Waals surface area contributed by atoms with Gasteiger partial charge in [0.05, 0.1) is 6.10 Å². The Bertz CT molecular complexity index is 441. The number of hydrogen-bond donors (Lipinski definition) is 0. The van der Waals surface area contributed by atoms with Crippen LogP contribution in [-0.2, 0) is 16.0 Å². The second-order valence-electron chi connectivity index (χ2n) is 6.04. The zero-order chi connectivity index (χ0) is 14.5. The molecule has 0 saturated heterocycles. The van der Waals surface area contributed by atoms with Crippen molar-refractivity contribution < 1.29 is 13.9 Å². The van der Waals surface area contributed by atoms with E-state index in [0.29, 0.717) is 12.3 Å². The monoisotopic (exact) mass is 278 g/mol. The Labute approximate surface area is 120 Å². The molecule has 0 bridgehead atoms. The van der Waals surface area contributed by atoms with E-state index in [2.05, 4.69) is 13.8 Å². The van der Waals surface area contributed by atoms with Crippen molar-refractivity contribution in [2.45, 2.75) is 45.6 Å². The summed E-state index contributed by atoms with van der Waals surface area (Å²) in [6, 6.07) is 6.07. The number of Topliss-reactive ketones (excluding diaryl/α,β-unsaturated/α-hetero) is 1. The predicted octanol–water partition coefficient (Wildman–Crippen LogP) is 3.78. The average molecular weight is 278 g/mol. The Kier molecular flexibility index (Phi) is 5.30. The Morgan fingerprint density at radius 2 is 1.90 bits per heavy atom. The molecular weight excluding hydrogens is 255 g/mol. The van der Waals surface area contributed by atoms with Gasteiger partial charge < -0.3 is 4.74 Å². The molecule has 0 aromatic heterocycles. The lowest BCUT2D eigenvalue weighted by Crippen LogP contribution is -2.28. The molecule has 1 aliphatic carbocycles. The molecule has 3 unspecified atom stereocenters. The van der Waals surface area contributed by atoms with E-state index in [9.17, 15) is 9.18 Å². The van der Waals surface area contributed by atoms with Crippen molar-refractivity contribution in [2.24, 2.45) is 11.8 Å². The molecule has 2 nitrogen and oxygen atoms in total. The van der Waals surface area contributed by atoms with Crippen LogP contribution in [0.1, 0.15) is 38.7 Å². The highest BCUT2D eigenvalue weighted by Crippen LogP contribution is 2.30. The minimum Gasteiger partial charge on any atom is -0.370 e. The van der Waals surface area contributed by atoms with Gasteiger partial charge in [-0.1, -0.05) is 26.0 Å². The first-order valence-corrected chi connectivity index (χ1v) is 7.42. The van der Waals surface area contributed by atoms with Gasteiger partial charge in [-0.05, 0) is 48.8 Å². The van der Waals surface area contributed by atoms with Crippen molar-refractivity contribution in [2.75, 3.05) is 6.61 Å². The van der Waals surface area contributed by atoms with Gasteiger partial charge in [0.2, 0.25) is 0 Å². The topological polar surface area (TPSA) is 26.3 Å². The molecule has 0 spiro atoms. The van der Waals surface area contributed by atoms with Gasteiger partial charge in [0.25, 0.3) is 0 Å². The molecule has 1 saturated carbocycles. The highest BCUT2D eigenvalue weighted by atomic mass is 19.1. The van der Waals surface area contributed by atoms with Gasteiger partial charge in [0.15, 0.2) is 5.78 Å². The summed E-state index contributed by atoms with van der Waals surface area (Å²) in [5.41, 5.74) is 0.839. The Hall–Kier alpha value is -1.22.